The lowest BCUT2D eigenvalue weighted by Crippen LogP contribution is -2.41. The molecule has 2 nitrogen and oxygen atoms in total. The van der Waals surface area contributed by atoms with Crippen LogP contribution in [0.5, 0.6) is 0 Å². The molecular weight excluding hydrogens is 260 g/mol. The maximum absolute atomic E-state index is 13.0. The van der Waals surface area contributed by atoms with E-state index in [1.807, 2.05) is 18.2 Å². The van der Waals surface area contributed by atoms with Gasteiger partial charge in [0.05, 0.1) is 0 Å². The second kappa shape index (κ2) is 4.16. The summed E-state index contributed by atoms with van der Waals surface area (Å²) in [6.45, 7) is 4.33. The first kappa shape index (κ1) is 13.0. The van der Waals surface area contributed by atoms with Crippen LogP contribution in [0.2, 0.25) is 0 Å². The number of hydrogen-bond acceptors (Lipinski definition) is 2. The zero-order valence-electron chi connectivity index (χ0n) is 12.6. The Labute approximate surface area is 125 Å². The number of allylic oxidation sites excluding steroid dienone is 2. The summed E-state index contributed by atoms with van der Waals surface area (Å²) in [7, 11) is 0. The van der Waals surface area contributed by atoms with Crippen LogP contribution in [0, 0.1) is 18.3 Å². The molecule has 0 radical (unpaired) electrons. The third kappa shape index (κ3) is 1.59. The van der Waals surface area contributed by atoms with Crippen LogP contribution in [-0.4, -0.2) is 11.6 Å². The van der Waals surface area contributed by atoms with Crippen molar-refractivity contribution in [1.82, 2.24) is 0 Å². The minimum Gasteiger partial charge on any atom is -0.295 e. The molecule has 2 heteroatoms. The van der Waals surface area contributed by atoms with Crippen molar-refractivity contribution in [1.29, 1.82) is 0 Å². The van der Waals surface area contributed by atoms with Crippen molar-refractivity contribution >= 4 is 11.6 Å². The molecule has 1 saturated carbocycles. The number of Topliss-reactive ketones (excluding diaryl/α,β-unsaturated/α-hetero) is 1. The van der Waals surface area contributed by atoms with E-state index >= 15 is 0 Å². The van der Waals surface area contributed by atoms with Crippen LogP contribution in [0.3, 0.4) is 0 Å². The molecule has 4 rings (SSSR count). The Morgan fingerprint density at radius 1 is 1.19 bits per heavy atom. The fourth-order valence-electron chi connectivity index (χ4n) is 4.95. The van der Waals surface area contributed by atoms with Crippen molar-refractivity contribution in [3.8, 4) is 0 Å². The minimum atomic E-state index is -0.112. The molecule has 21 heavy (non-hydrogen) atoms. The third-order valence-corrected chi connectivity index (χ3v) is 6.02. The molecule has 1 fully saturated rings. The molecule has 0 aliphatic heterocycles. The van der Waals surface area contributed by atoms with Crippen molar-refractivity contribution in [2.45, 2.75) is 45.4 Å². The topological polar surface area (TPSA) is 34.1 Å². The highest BCUT2D eigenvalue weighted by atomic mass is 16.1. The lowest BCUT2D eigenvalue weighted by molar-refractivity contribution is -0.116. The average Bonchev–Trinajstić information content (AvgIpc) is 2.76. The van der Waals surface area contributed by atoms with E-state index in [4.69, 9.17) is 0 Å². The number of ketones is 2. The quantitative estimate of drug-likeness (QED) is 0.720. The fraction of sp³-hybridized carbons (Fsp3) is 0.474. The molecule has 0 N–H and O–H groups in total. The van der Waals surface area contributed by atoms with Gasteiger partial charge in [0.15, 0.2) is 11.6 Å². The van der Waals surface area contributed by atoms with Crippen molar-refractivity contribution in [3.05, 3.63) is 46.5 Å². The predicted molar refractivity (Wildman–Crippen MR) is 81.4 cm³/mol. The molecule has 0 saturated heterocycles. The second-order valence-corrected chi connectivity index (χ2v) is 7.08. The summed E-state index contributed by atoms with van der Waals surface area (Å²) in [6, 6.07) is 6.10. The van der Waals surface area contributed by atoms with Gasteiger partial charge in [-0.2, -0.15) is 0 Å². The van der Waals surface area contributed by atoms with E-state index in [-0.39, 0.29) is 17.1 Å². The Morgan fingerprint density at radius 3 is 2.81 bits per heavy atom. The molecule has 0 heterocycles. The van der Waals surface area contributed by atoms with Gasteiger partial charge in [-0.3, -0.25) is 9.59 Å². The van der Waals surface area contributed by atoms with Crippen LogP contribution >= 0.6 is 0 Å². The molecule has 3 aliphatic carbocycles. The predicted octanol–water partition coefficient (Wildman–Crippen LogP) is 3.98. The highest BCUT2D eigenvalue weighted by Crippen LogP contribution is 2.60. The first-order valence-electron chi connectivity index (χ1n) is 7.90. The van der Waals surface area contributed by atoms with Gasteiger partial charge in [0.1, 0.15) is 0 Å². The summed E-state index contributed by atoms with van der Waals surface area (Å²) in [5.41, 5.74) is 4.57. The number of aryl methyl sites for hydroxylation is 1. The number of hydrogen-bond donors (Lipinski definition) is 0. The smallest absolute Gasteiger partial charge is 0.167 e. The van der Waals surface area contributed by atoms with Gasteiger partial charge in [-0.25, -0.2) is 0 Å². The second-order valence-electron chi connectivity index (χ2n) is 7.08. The van der Waals surface area contributed by atoms with Crippen LogP contribution in [-0.2, 0) is 4.79 Å². The van der Waals surface area contributed by atoms with Crippen LogP contribution in [0.1, 0.15) is 60.0 Å². The molecule has 0 unspecified atom stereocenters. The lowest BCUT2D eigenvalue weighted by Gasteiger charge is -2.46. The van der Waals surface area contributed by atoms with E-state index in [1.54, 1.807) is 0 Å². The average molecular weight is 280 g/mol. The summed E-state index contributed by atoms with van der Waals surface area (Å²) in [5, 5.41) is 0. The number of rotatable bonds is 0. The van der Waals surface area contributed by atoms with E-state index < -0.39 is 0 Å². The highest BCUT2D eigenvalue weighted by Gasteiger charge is 2.54. The van der Waals surface area contributed by atoms with Crippen LogP contribution in [0.15, 0.2) is 29.8 Å². The molecule has 1 aromatic carbocycles. The summed E-state index contributed by atoms with van der Waals surface area (Å²) < 4.78 is 0. The van der Waals surface area contributed by atoms with E-state index in [9.17, 15) is 9.59 Å². The largest absolute Gasteiger partial charge is 0.295 e. The molecule has 3 aliphatic rings. The Balaban J connectivity index is 1.88. The van der Waals surface area contributed by atoms with Crippen molar-refractivity contribution in [3.63, 3.8) is 0 Å². The Bertz CT molecular complexity index is 698. The van der Waals surface area contributed by atoms with E-state index in [1.165, 1.54) is 16.7 Å². The summed E-state index contributed by atoms with van der Waals surface area (Å²) >= 11 is 0. The fourth-order valence-corrected chi connectivity index (χ4v) is 4.95. The lowest BCUT2D eigenvalue weighted by atomic mass is 9.56. The maximum Gasteiger partial charge on any atom is 0.167 e. The Hall–Kier alpha value is -1.70. The normalized spacial score (nSPS) is 34.1. The minimum absolute atomic E-state index is 0.0432. The summed E-state index contributed by atoms with van der Waals surface area (Å²) in [4.78, 5) is 24.8. The molecule has 3 atom stereocenters. The third-order valence-electron chi connectivity index (χ3n) is 6.02. The summed E-state index contributed by atoms with van der Waals surface area (Å²) in [6.07, 6.45) is 5.22. The summed E-state index contributed by atoms with van der Waals surface area (Å²) in [5.74, 6) is 0.937. The highest BCUT2D eigenvalue weighted by molar-refractivity contribution is 6.05. The molecule has 1 aromatic rings. The van der Waals surface area contributed by atoms with Gasteiger partial charge in [-0.1, -0.05) is 30.7 Å². The first-order valence-corrected chi connectivity index (χ1v) is 7.90. The van der Waals surface area contributed by atoms with E-state index in [0.717, 1.165) is 24.8 Å². The Morgan fingerprint density at radius 2 is 2.00 bits per heavy atom. The van der Waals surface area contributed by atoms with Crippen LogP contribution in [0.4, 0.5) is 0 Å². The van der Waals surface area contributed by atoms with Crippen molar-refractivity contribution < 1.29 is 9.59 Å². The van der Waals surface area contributed by atoms with Gasteiger partial charge in [-0.15, -0.1) is 0 Å². The molecule has 0 spiro atoms. The van der Waals surface area contributed by atoms with E-state index in [2.05, 4.69) is 19.9 Å². The number of benzene rings is 1. The van der Waals surface area contributed by atoms with Gasteiger partial charge >= 0.3 is 0 Å². The van der Waals surface area contributed by atoms with Gasteiger partial charge in [0.2, 0.25) is 0 Å². The van der Waals surface area contributed by atoms with Crippen molar-refractivity contribution in [2.75, 3.05) is 0 Å². The molecular formula is C19H20O2. The molecule has 0 bridgehead atoms. The zero-order chi connectivity index (χ0) is 14.8. The van der Waals surface area contributed by atoms with Crippen LogP contribution in [0.25, 0.3) is 0 Å². The van der Waals surface area contributed by atoms with E-state index in [0.29, 0.717) is 18.1 Å². The monoisotopic (exact) mass is 280 g/mol. The van der Waals surface area contributed by atoms with Gasteiger partial charge in [0.25, 0.3) is 0 Å². The molecule has 0 amide bonds. The van der Waals surface area contributed by atoms with Crippen LogP contribution < -0.4 is 0 Å². The number of carbonyl (C=O) groups excluding carboxylic acids is 2. The maximum atomic E-state index is 13.0. The number of carbonyl (C=O) groups is 2. The van der Waals surface area contributed by atoms with Gasteiger partial charge in [0, 0.05) is 17.9 Å². The van der Waals surface area contributed by atoms with Gasteiger partial charge < -0.3 is 0 Å². The number of fused-ring (bicyclic) bond motifs is 5. The molecule has 0 aromatic heterocycles. The molecule has 108 valence electrons. The standard InChI is InChI=1S/C19H20O2/c1-11-4-3-5-15-16(11)14-7-6-12-10-13(20)8-9-19(12,2)17(14)18(15)21/h3-5,10,14,17H,6-9H2,1-2H3/t14-,17-,19+/m1/s1. The Kier molecular flexibility index (Phi) is 2.57. The van der Waals surface area contributed by atoms with Crippen molar-refractivity contribution in [2.24, 2.45) is 11.3 Å². The SMILES string of the molecule is Cc1cccc2c1[C@H]1CCC3=CC(=O)CC[C@]3(C)[C@H]1C2=O. The first-order chi connectivity index (χ1) is 10.0. The zero-order valence-corrected chi connectivity index (χ0v) is 12.6. The van der Waals surface area contributed by atoms with Gasteiger partial charge in [-0.05, 0) is 54.7 Å².